The second-order valence-corrected chi connectivity index (χ2v) is 6.29. The molecule has 0 amide bonds. The van der Waals surface area contributed by atoms with Crippen LogP contribution in [-0.2, 0) is 0 Å². The number of pyridine rings is 1. The van der Waals surface area contributed by atoms with E-state index in [0.29, 0.717) is 6.42 Å². The fourth-order valence-electron chi connectivity index (χ4n) is 3.92. The van der Waals surface area contributed by atoms with Crippen LogP contribution in [0.3, 0.4) is 0 Å². The lowest BCUT2D eigenvalue weighted by atomic mass is 9.83. The molecule has 0 aromatic carbocycles. The average molecular weight is 285 g/mol. The number of hydrogen-bond donors (Lipinski definition) is 0. The van der Waals surface area contributed by atoms with Gasteiger partial charge in [0.2, 0.25) is 0 Å². The molecule has 0 radical (unpaired) electrons. The quantitative estimate of drug-likeness (QED) is 0.848. The van der Waals surface area contributed by atoms with Crippen molar-refractivity contribution in [1.29, 1.82) is 0 Å². The Kier molecular flexibility index (Phi) is 3.24. The highest BCUT2D eigenvalue weighted by atomic mass is 19.1. The fraction of sp³-hybridized carbons (Fsp3) is 0.529. The molecule has 1 aliphatic carbocycles. The average Bonchev–Trinajstić information content (AvgIpc) is 3.11. The van der Waals surface area contributed by atoms with Gasteiger partial charge in [0.05, 0.1) is 30.0 Å². The molecule has 2 aromatic heterocycles. The zero-order valence-electron chi connectivity index (χ0n) is 12.1. The fourth-order valence-corrected chi connectivity index (χ4v) is 3.92. The van der Waals surface area contributed by atoms with Crippen molar-refractivity contribution >= 4 is 0 Å². The zero-order valence-corrected chi connectivity index (χ0v) is 12.1. The van der Waals surface area contributed by atoms with Crippen LogP contribution in [0.2, 0.25) is 0 Å². The van der Waals surface area contributed by atoms with E-state index in [9.17, 15) is 4.39 Å². The Morgan fingerprint density at radius 2 is 2.14 bits per heavy atom. The summed E-state index contributed by atoms with van der Waals surface area (Å²) in [6.45, 7) is 0. The smallest absolute Gasteiger partial charge is 0.105 e. The molecule has 4 heteroatoms. The number of nitrogens with zero attached hydrogens (tertiary/aromatic N) is 3. The van der Waals surface area contributed by atoms with Crippen LogP contribution in [-0.4, -0.2) is 20.7 Å². The van der Waals surface area contributed by atoms with Crippen molar-refractivity contribution in [3.8, 4) is 11.3 Å². The summed E-state index contributed by atoms with van der Waals surface area (Å²) >= 11 is 0. The van der Waals surface area contributed by atoms with Gasteiger partial charge in [0.1, 0.15) is 6.17 Å². The maximum Gasteiger partial charge on any atom is 0.105 e. The summed E-state index contributed by atoms with van der Waals surface area (Å²) in [5, 5.41) is 0. The van der Waals surface area contributed by atoms with Crippen molar-refractivity contribution in [2.24, 2.45) is 5.92 Å². The third-order valence-electron chi connectivity index (χ3n) is 5.04. The number of fused-ring (bicyclic) bond motifs is 3. The van der Waals surface area contributed by atoms with E-state index in [4.69, 9.17) is 0 Å². The number of aromatic nitrogens is 3. The molecule has 21 heavy (non-hydrogen) atoms. The molecule has 3 heterocycles. The number of halogens is 1. The minimum absolute atomic E-state index is 0.00984. The molecule has 0 bridgehead atoms. The normalized spacial score (nSPS) is 22.8. The molecule has 4 rings (SSSR count). The van der Waals surface area contributed by atoms with Gasteiger partial charge < -0.3 is 4.57 Å². The molecule has 2 atom stereocenters. The molecular formula is C17H20FN3. The lowest BCUT2D eigenvalue weighted by molar-refractivity contribution is 0.158. The lowest BCUT2D eigenvalue weighted by Crippen LogP contribution is -2.23. The number of rotatable bonds is 3. The van der Waals surface area contributed by atoms with Gasteiger partial charge in [0, 0.05) is 18.2 Å². The summed E-state index contributed by atoms with van der Waals surface area (Å²) in [6.07, 6.45) is 11.0. The van der Waals surface area contributed by atoms with E-state index in [1.807, 2.05) is 18.6 Å². The number of imidazole rings is 1. The van der Waals surface area contributed by atoms with E-state index in [1.54, 1.807) is 6.20 Å². The van der Waals surface area contributed by atoms with E-state index in [2.05, 4.69) is 20.6 Å². The van der Waals surface area contributed by atoms with Gasteiger partial charge in [-0.3, -0.25) is 4.98 Å². The largest absolute Gasteiger partial charge is 0.321 e. The van der Waals surface area contributed by atoms with Crippen LogP contribution < -0.4 is 0 Å². The Morgan fingerprint density at radius 1 is 1.29 bits per heavy atom. The predicted molar refractivity (Wildman–Crippen MR) is 79.7 cm³/mol. The molecule has 1 saturated carbocycles. The van der Waals surface area contributed by atoms with Crippen LogP contribution >= 0.6 is 0 Å². The van der Waals surface area contributed by atoms with Gasteiger partial charge in [0.15, 0.2) is 0 Å². The van der Waals surface area contributed by atoms with Gasteiger partial charge >= 0.3 is 0 Å². The first kappa shape index (κ1) is 13.0. The molecule has 0 N–H and O–H groups in total. The first-order valence-electron chi connectivity index (χ1n) is 7.96. The van der Waals surface area contributed by atoms with Crippen LogP contribution in [0.4, 0.5) is 4.39 Å². The molecule has 110 valence electrons. The van der Waals surface area contributed by atoms with Gasteiger partial charge in [-0.1, -0.05) is 19.3 Å². The Morgan fingerprint density at radius 3 is 3.00 bits per heavy atom. The molecule has 1 fully saturated rings. The zero-order chi connectivity index (χ0) is 14.2. The first-order valence-corrected chi connectivity index (χ1v) is 7.96. The van der Waals surface area contributed by atoms with E-state index in [0.717, 1.165) is 29.8 Å². The van der Waals surface area contributed by atoms with Crippen LogP contribution in [0.1, 0.15) is 50.3 Å². The highest BCUT2D eigenvalue weighted by Crippen LogP contribution is 2.42. The van der Waals surface area contributed by atoms with E-state index in [1.165, 1.54) is 19.3 Å². The molecule has 0 spiro atoms. The number of hydrogen-bond acceptors (Lipinski definition) is 2. The predicted octanol–water partition coefficient (Wildman–Crippen LogP) is 4.16. The van der Waals surface area contributed by atoms with Gasteiger partial charge in [-0.2, -0.15) is 0 Å². The summed E-state index contributed by atoms with van der Waals surface area (Å²) in [5.41, 5.74) is 3.18. The van der Waals surface area contributed by atoms with Gasteiger partial charge in [-0.25, -0.2) is 9.37 Å². The Balaban J connectivity index is 1.60. The number of alkyl halides is 1. The minimum Gasteiger partial charge on any atom is -0.321 e. The molecule has 2 aliphatic rings. The molecule has 3 nitrogen and oxygen atoms in total. The standard InChI is InChI=1S/C17H20FN3/c18-14(12-5-2-1-3-6-12)9-15-17-13(7-4-8-20-17)16-10-19-11-21(15)16/h4,7-8,10-12,14-15H,1-3,5-6,9H2. The molecule has 0 saturated heterocycles. The van der Waals surface area contributed by atoms with Crippen LogP contribution in [0.5, 0.6) is 0 Å². The van der Waals surface area contributed by atoms with Crippen molar-refractivity contribution in [3.05, 3.63) is 36.5 Å². The molecule has 2 aromatic rings. The van der Waals surface area contributed by atoms with E-state index < -0.39 is 6.17 Å². The lowest BCUT2D eigenvalue weighted by Gasteiger charge is -2.27. The third-order valence-corrected chi connectivity index (χ3v) is 5.04. The second kappa shape index (κ2) is 5.24. The van der Waals surface area contributed by atoms with E-state index in [-0.39, 0.29) is 12.0 Å². The van der Waals surface area contributed by atoms with E-state index >= 15 is 0 Å². The molecular weight excluding hydrogens is 265 g/mol. The maximum absolute atomic E-state index is 14.8. The Hall–Kier alpha value is -1.71. The topological polar surface area (TPSA) is 30.7 Å². The summed E-state index contributed by atoms with van der Waals surface area (Å²) in [6, 6.07) is 4.01. The van der Waals surface area contributed by atoms with Crippen molar-refractivity contribution in [3.63, 3.8) is 0 Å². The summed E-state index contributed by atoms with van der Waals surface area (Å²) in [7, 11) is 0. The highest BCUT2D eigenvalue weighted by Gasteiger charge is 2.34. The minimum atomic E-state index is -0.737. The summed E-state index contributed by atoms with van der Waals surface area (Å²) < 4.78 is 16.9. The van der Waals surface area contributed by atoms with Gasteiger partial charge in [0.25, 0.3) is 0 Å². The summed E-state index contributed by atoms with van der Waals surface area (Å²) in [5.74, 6) is 0.235. The Bertz CT molecular complexity index is 630. The second-order valence-electron chi connectivity index (χ2n) is 6.29. The van der Waals surface area contributed by atoms with Crippen LogP contribution in [0, 0.1) is 5.92 Å². The van der Waals surface area contributed by atoms with Crippen molar-refractivity contribution in [2.45, 2.75) is 50.7 Å². The van der Waals surface area contributed by atoms with Crippen molar-refractivity contribution in [2.75, 3.05) is 0 Å². The van der Waals surface area contributed by atoms with Crippen LogP contribution in [0.25, 0.3) is 11.3 Å². The molecule has 1 aliphatic heterocycles. The first-order chi connectivity index (χ1) is 10.3. The summed E-state index contributed by atoms with van der Waals surface area (Å²) in [4.78, 5) is 8.74. The molecule has 2 unspecified atom stereocenters. The highest BCUT2D eigenvalue weighted by molar-refractivity contribution is 5.66. The van der Waals surface area contributed by atoms with Gasteiger partial charge in [-0.05, 0) is 30.9 Å². The van der Waals surface area contributed by atoms with Crippen LogP contribution in [0.15, 0.2) is 30.9 Å². The Labute approximate surface area is 124 Å². The third kappa shape index (κ3) is 2.17. The van der Waals surface area contributed by atoms with Gasteiger partial charge in [-0.15, -0.1) is 0 Å². The monoisotopic (exact) mass is 285 g/mol. The van der Waals surface area contributed by atoms with Crippen molar-refractivity contribution < 1.29 is 4.39 Å². The SMILES string of the molecule is FC(CC1c2ncccc2-c2cncn21)C1CCCCC1. The maximum atomic E-state index is 14.8. The van der Waals surface area contributed by atoms with Crippen molar-refractivity contribution in [1.82, 2.24) is 14.5 Å².